The second kappa shape index (κ2) is 10.8. The molecule has 0 amide bonds. The van der Waals surface area contributed by atoms with Gasteiger partial charge in [-0.25, -0.2) is 8.78 Å². The number of aliphatic hydroxyl groups is 1. The van der Waals surface area contributed by atoms with Gasteiger partial charge in [-0.2, -0.15) is 0 Å². The van der Waals surface area contributed by atoms with Gasteiger partial charge >= 0.3 is 0 Å². The highest BCUT2D eigenvalue weighted by Gasteiger charge is 2.24. The first-order chi connectivity index (χ1) is 11.1. The molecule has 0 aliphatic heterocycles. The van der Waals surface area contributed by atoms with Crippen LogP contribution in [0.1, 0.15) is 31.7 Å². The van der Waals surface area contributed by atoms with Gasteiger partial charge in [0, 0.05) is 25.6 Å². The average molecular weight is 453 g/mol. The van der Waals surface area contributed by atoms with Crippen molar-refractivity contribution in [3.05, 3.63) is 35.4 Å². The van der Waals surface area contributed by atoms with E-state index >= 15 is 0 Å². The molecule has 1 fully saturated rings. The lowest BCUT2D eigenvalue weighted by atomic mass is 10.1. The third kappa shape index (κ3) is 6.51. The van der Waals surface area contributed by atoms with E-state index in [4.69, 9.17) is 0 Å². The maximum absolute atomic E-state index is 13.6. The SMILES string of the molecule is CCNC(=NCC1CCCC1O)NCCc1cc(F)ccc1F.I. The second-order valence-corrected chi connectivity index (χ2v) is 5.89. The topological polar surface area (TPSA) is 56.7 Å². The number of aliphatic hydroxyl groups excluding tert-OH is 1. The number of hydrogen-bond acceptors (Lipinski definition) is 2. The Bertz CT molecular complexity index is 543. The number of rotatable bonds is 6. The maximum Gasteiger partial charge on any atom is 0.191 e. The first-order valence-corrected chi connectivity index (χ1v) is 8.24. The highest BCUT2D eigenvalue weighted by molar-refractivity contribution is 14.0. The first-order valence-electron chi connectivity index (χ1n) is 8.24. The van der Waals surface area contributed by atoms with E-state index in [9.17, 15) is 13.9 Å². The number of benzene rings is 1. The van der Waals surface area contributed by atoms with E-state index in [-0.39, 0.29) is 36.0 Å². The normalized spacial score (nSPS) is 20.6. The Kier molecular flexibility index (Phi) is 9.50. The molecule has 1 aromatic carbocycles. The largest absolute Gasteiger partial charge is 0.393 e. The van der Waals surface area contributed by atoms with Crippen molar-refractivity contribution in [2.45, 2.75) is 38.7 Å². The number of aliphatic imine (C=N–C) groups is 1. The summed E-state index contributed by atoms with van der Waals surface area (Å²) in [5.41, 5.74) is 0.347. The summed E-state index contributed by atoms with van der Waals surface area (Å²) < 4.78 is 26.7. The summed E-state index contributed by atoms with van der Waals surface area (Å²) in [5, 5.41) is 16.1. The number of nitrogens with one attached hydrogen (secondary N) is 2. The van der Waals surface area contributed by atoms with Crippen molar-refractivity contribution in [1.29, 1.82) is 0 Å². The molecule has 1 saturated carbocycles. The van der Waals surface area contributed by atoms with Crippen molar-refractivity contribution in [3.8, 4) is 0 Å². The van der Waals surface area contributed by atoms with Gasteiger partial charge in [0.1, 0.15) is 11.6 Å². The highest BCUT2D eigenvalue weighted by Crippen LogP contribution is 2.25. The molecule has 2 rings (SSSR count). The van der Waals surface area contributed by atoms with Crippen LogP contribution >= 0.6 is 24.0 Å². The Hall–Kier alpha value is -0.960. The third-order valence-corrected chi connectivity index (χ3v) is 4.14. The van der Waals surface area contributed by atoms with Crippen molar-refractivity contribution in [2.75, 3.05) is 19.6 Å². The number of hydrogen-bond donors (Lipinski definition) is 3. The van der Waals surface area contributed by atoms with Crippen LogP contribution in [0.4, 0.5) is 8.78 Å². The minimum Gasteiger partial charge on any atom is -0.393 e. The molecule has 3 N–H and O–H groups in total. The van der Waals surface area contributed by atoms with E-state index in [0.717, 1.165) is 31.4 Å². The zero-order valence-electron chi connectivity index (χ0n) is 13.9. The lowest BCUT2D eigenvalue weighted by molar-refractivity contribution is 0.136. The van der Waals surface area contributed by atoms with E-state index in [0.29, 0.717) is 37.6 Å². The summed E-state index contributed by atoms with van der Waals surface area (Å²) in [6, 6.07) is 3.48. The fourth-order valence-corrected chi connectivity index (χ4v) is 2.83. The summed E-state index contributed by atoms with van der Waals surface area (Å²) in [4.78, 5) is 4.48. The van der Waals surface area contributed by atoms with Crippen LogP contribution < -0.4 is 10.6 Å². The Morgan fingerprint density at radius 3 is 2.75 bits per heavy atom. The fraction of sp³-hybridized carbons (Fsp3) is 0.588. The summed E-state index contributed by atoms with van der Waals surface area (Å²) in [6.07, 6.45) is 3.01. The minimum atomic E-state index is -0.433. The van der Waals surface area contributed by atoms with E-state index in [2.05, 4.69) is 15.6 Å². The number of guanidine groups is 1. The molecule has 136 valence electrons. The summed E-state index contributed by atoms with van der Waals surface area (Å²) >= 11 is 0. The van der Waals surface area contributed by atoms with Crippen LogP contribution in [0.15, 0.2) is 23.2 Å². The zero-order valence-corrected chi connectivity index (χ0v) is 16.2. The second-order valence-electron chi connectivity index (χ2n) is 5.89. The molecule has 0 aromatic heterocycles. The standard InChI is InChI=1S/C17H25F2N3O.HI/c1-2-20-17(22-11-13-4-3-5-16(13)23)21-9-8-12-10-14(18)6-7-15(12)19;/h6-7,10,13,16,23H,2-5,8-9,11H2,1H3,(H2,20,21,22);1H. The maximum atomic E-state index is 13.6. The van der Waals surface area contributed by atoms with Crippen LogP contribution in [0, 0.1) is 17.6 Å². The van der Waals surface area contributed by atoms with Crippen molar-refractivity contribution >= 4 is 29.9 Å². The van der Waals surface area contributed by atoms with E-state index in [1.807, 2.05) is 6.92 Å². The van der Waals surface area contributed by atoms with Crippen molar-refractivity contribution < 1.29 is 13.9 Å². The van der Waals surface area contributed by atoms with Crippen LogP contribution in [-0.4, -0.2) is 36.8 Å². The van der Waals surface area contributed by atoms with Gasteiger partial charge in [-0.05, 0) is 49.9 Å². The molecule has 1 aromatic rings. The van der Waals surface area contributed by atoms with Crippen LogP contribution in [0.5, 0.6) is 0 Å². The van der Waals surface area contributed by atoms with Gasteiger partial charge in [0.25, 0.3) is 0 Å². The third-order valence-electron chi connectivity index (χ3n) is 4.14. The molecule has 1 aliphatic rings. The van der Waals surface area contributed by atoms with Crippen LogP contribution in [0.2, 0.25) is 0 Å². The zero-order chi connectivity index (χ0) is 16.7. The van der Waals surface area contributed by atoms with Gasteiger partial charge in [0.05, 0.1) is 6.10 Å². The summed E-state index contributed by atoms with van der Waals surface area (Å²) in [5.74, 6) is 0.0240. The molecular formula is C17H26F2IN3O. The minimum absolute atomic E-state index is 0. The Morgan fingerprint density at radius 2 is 2.08 bits per heavy atom. The monoisotopic (exact) mass is 453 g/mol. The Morgan fingerprint density at radius 1 is 1.29 bits per heavy atom. The molecule has 2 unspecified atom stereocenters. The van der Waals surface area contributed by atoms with Gasteiger partial charge in [-0.1, -0.05) is 6.42 Å². The predicted molar refractivity (Wildman–Crippen MR) is 103 cm³/mol. The lowest BCUT2D eigenvalue weighted by Crippen LogP contribution is -2.39. The molecule has 0 bridgehead atoms. The summed E-state index contributed by atoms with van der Waals surface area (Å²) in [7, 11) is 0. The molecule has 7 heteroatoms. The Labute approximate surface area is 159 Å². The summed E-state index contributed by atoms with van der Waals surface area (Å²) in [6.45, 7) is 3.71. The molecule has 1 aliphatic carbocycles. The van der Waals surface area contributed by atoms with Crippen molar-refractivity contribution in [3.63, 3.8) is 0 Å². The molecule has 0 saturated heterocycles. The number of halogens is 3. The van der Waals surface area contributed by atoms with Crippen LogP contribution in [-0.2, 0) is 6.42 Å². The lowest BCUT2D eigenvalue weighted by Gasteiger charge is -2.15. The molecule has 0 heterocycles. The molecule has 2 atom stereocenters. The van der Waals surface area contributed by atoms with Gasteiger partial charge in [0.2, 0.25) is 0 Å². The molecular weight excluding hydrogens is 427 g/mol. The Balaban J connectivity index is 0.00000288. The van der Waals surface area contributed by atoms with Crippen LogP contribution in [0.3, 0.4) is 0 Å². The van der Waals surface area contributed by atoms with Crippen LogP contribution in [0.25, 0.3) is 0 Å². The molecule has 4 nitrogen and oxygen atoms in total. The van der Waals surface area contributed by atoms with Gasteiger partial charge in [0.15, 0.2) is 5.96 Å². The van der Waals surface area contributed by atoms with Crippen molar-refractivity contribution in [1.82, 2.24) is 10.6 Å². The molecule has 0 radical (unpaired) electrons. The van der Waals surface area contributed by atoms with E-state index in [1.54, 1.807) is 0 Å². The van der Waals surface area contributed by atoms with E-state index < -0.39 is 11.6 Å². The van der Waals surface area contributed by atoms with E-state index in [1.165, 1.54) is 6.07 Å². The average Bonchev–Trinajstić information content (AvgIpc) is 2.93. The highest BCUT2D eigenvalue weighted by atomic mass is 127. The van der Waals surface area contributed by atoms with Gasteiger partial charge in [-0.3, -0.25) is 4.99 Å². The quantitative estimate of drug-likeness (QED) is 0.353. The first kappa shape index (κ1) is 21.1. The number of nitrogens with zero attached hydrogens (tertiary/aromatic N) is 1. The molecule has 0 spiro atoms. The molecule has 24 heavy (non-hydrogen) atoms. The predicted octanol–water partition coefficient (Wildman–Crippen LogP) is 2.84. The fourth-order valence-electron chi connectivity index (χ4n) is 2.83. The van der Waals surface area contributed by atoms with Gasteiger partial charge < -0.3 is 15.7 Å². The van der Waals surface area contributed by atoms with Crippen molar-refractivity contribution in [2.24, 2.45) is 10.9 Å². The van der Waals surface area contributed by atoms with Gasteiger partial charge in [-0.15, -0.1) is 24.0 Å². The smallest absolute Gasteiger partial charge is 0.191 e.